The van der Waals surface area contributed by atoms with E-state index >= 15 is 0 Å². The van der Waals surface area contributed by atoms with Crippen molar-refractivity contribution < 1.29 is 22.7 Å². The van der Waals surface area contributed by atoms with Crippen LogP contribution in [0.4, 0.5) is 0 Å². The molecule has 0 aromatic heterocycles. The molecule has 0 spiro atoms. The molecule has 3 rings (SSSR count). The molecular weight excluding hydrogens is 378 g/mol. The van der Waals surface area contributed by atoms with Crippen molar-refractivity contribution in [2.24, 2.45) is 0 Å². The second-order valence-electron chi connectivity index (χ2n) is 6.30. The van der Waals surface area contributed by atoms with Crippen LogP contribution < -0.4 is 4.74 Å². The molecule has 0 atom stereocenters. The predicted octanol–water partition coefficient (Wildman–Crippen LogP) is 3.46. The molecule has 0 heterocycles. The van der Waals surface area contributed by atoms with E-state index in [9.17, 15) is 13.2 Å². The fourth-order valence-corrected chi connectivity index (χ4v) is 4.31. The minimum atomic E-state index is -3.90. The van der Waals surface area contributed by atoms with Crippen LogP contribution >= 0.6 is 0 Å². The number of sulfonamides is 1. The Morgan fingerprint density at radius 1 is 0.964 bits per heavy atom. The number of carbonyl (C=O) groups is 1. The van der Waals surface area contributed by atoms with Gasteiger partial charge in [-0.25, -0.2) is 13.2 Å². The normalized spacial score (nSPS) is 11.6. The summed E-state index contributed by atoms with van der Waals surface area (Å²) in [4.78, 5) is 11.7. The minimum Gasteiger partial charge on any atom is -0.495 e. The first kappa shape index (κ1) is 19.9. The molecule has 6 nitrogen and oxygen atoms in total. The Morgan fingerprint density at radius 3 is 2.36 bits per heavy atom. The number of fused-ring (bicyclic) bond motifs is 1. The standard InChI is InChI=1S/C21H21NO5S/c1-22(14-15-8-9-16-6-4-5-7-17(16)12-15)28(24,25)20-13-18(21(23)27-3)10-11-19(20)26-2/h4-13H,14H2,1-3H3. The number of ether oxygens (including phenoxy) is 2. The summed E-state index contributed by atoms with van der Waals surface area (Å²) in [5.74, 6) is -0.450. The van der Waals surface area contributed by atoms with Crippen molar-refractivity contribution in [3.63, 3.8) is 0 Å². The Hall–Kier alpha value is -2.90. The second kappa shape index (κ2) is 8.00. The first-order valence-electron chi connectivity index (χ1n) is 8.57. The molecule has 0 fully saturated rings. The Bertz CT molecular complexity index is 1120. The van der Waals surface area contributed by atoms with Gasteiger partial charge in [-0.05, 0) is 40.6 Å². The number of carbonyl (C=O) groups excluding carboxylic acids is 1. The van der Waals surface area contributed by atoms with E-state index < -0.39 is 16.0 Å². The zero-order valence-corrected chi connectivity index (χ0v) is 16.7. The number of methoxy groups -OCH3 is 2. The SMILES string of the molecule is COC(=O)c1ccc(OC)c(S(=O)(=O)N(C)Cc2ccc3ccccc3c2)c1. The topological polar surface area (TPSA) is 72.9 Å². The number of nitrogens with zero attached hydrogens (tertiary/aromatic N) is 1. The number of hydrogen-bond donors (Lipinski definition) is 0. The highest BCUT2D eigenvalue weighted by Crippen LogP contribution is 2.29. The maximum Gasteiger partial charge on any atom is 0.337 e. The molecule has 3 aromatic carbocycles. The van der Waals surface area contributed by atoms with E-state index in [2.05, 4.69) is 4.74 Å². The van der Waals surface area contributed by atoms with Gasteiger partial charge in [0.2, 0.25) is 10.0 Å². The van der Waals surface area contributed by atoms with Crippen molar-refractivity contribution in [1.82, 2.24) is 4.31 Å². The van der Waals surface area contributed by atoms with Crippen molar-refractivity contribution in [2.45, 2.75) is 11.4 Å². The van der Waals surface area contributed by atoms with Crippen LogP contribution in [0.15, 0.2) is 65.6 Å². The lowest BCUT2D eigenvalue weighted by atomic mass is 10.1. The van der Waals surface area contributed by atoms with Gasteiger partial charge in [0.1, 0.15) is 10.6 Å². The summed E-state index contributed by atoms with van der Waals surface area (Å²) in [6.45, 7) is 0.179. The van der Waals surface area contributed by atoms with Gasteiger partial charge in [-0.2, -0.15) is 4.31 Å². The van der Waals surface area contributed by atoms with Gasteiger partial charge in [0.05, 0.1) is 19.8 Å². The van der Waals surface area contributed by atoms with Crippen LogP contribution in [0.5, 0.6) is 5.75 Å². The van der Waals surface area contributed by atoms with Crippen LogP contribution in [0.2, 0.25) is 0 Å². The highest BCUT2D eigenvalue weighted by atomic mass is 32.2. The first-order valence-corrected chi connectivity index (χ1v) is 10.0. The lowest BCUT2D eigenvalue weighted by molar-refractivity contribution is 0.0600. The van der Waals surface area contributed by atoms with Gasteiger partial charge in [0.15, 0.2) is 0 Å². The highest BCUT2D eigenvalue weighted by molar-refractivity contribution is 7.89. The van der Waals surface area contributed by atoms with E-state index in [1.807, 2.05) is 42.5 Å². The zero-order chi connectivity index (χ0) is 20.3. The molecular formula is C21H21NO5S. The maximum atomic E-state index is 13.1. The van der Waals surface area contributed by atoms with Gasteiger partial charge in [0.25, 0.3) is 0 Å². The van der Waals surface area contributed by atoms with Gasteiger partial charge in [-0.3, -0.25) is 0 Å². The largest absolute Gasteiger partial charge is 0.495 e. The first-order chi connectivity index (χ1) is 13.4. The number of esters is 1. The minimum absolute atomic E-state index is 0.0822. The summed E-state index contributed by atoms with van der Waals surface area (Å²) in [5, 5.41) is 2.13. The maximum absolute atomic E-state index is 13.1. The third kappa shape index (κ3) is 3.85. The highest BCUT2D eigenvalue weighted by Gasteiger charge is 2.26. The number of rotatable bonds is 6. The lowest BCUT2D eigenvalue weighted by Crippen LogP contribution is -2.27. The van der Waals surface area contributed by atoms with Gasteiger partial charge in [-0.1, -0.05) is 36.4 Å². The van der Waals surface area contributed by atoms with Crippen LogP contribution in [-0.2, 0) is 21.3 Å². The molecule has 0 aliphatic rings. The quantitative estimate of drug-likeness (QED) is 0.594. The summed E-state index contributed by atoms with van der Waals surface area (Å²) < 4.78 is 37.4. The lowest BCUT2D eigenvalue weighted by Gasteiger charge is -2.19. The van der Waals surface area contributed by atoms with Crippen LogP contribution in [-0.4, -0.2) is 40.0 Å². The van der Waals surface area contributed by atoms with Gasteiger partial charge in [-0.15, -0.1) is 0 Å². The van der Waals surface area contributed by atoms with E-state index in [-0.39, 0.29) is 22.8 Å². The van der Waals surface area contributed by atoms with Gasteiger partial charge >= 0.3 is 5.97 Å². The molecule has 0 aliphatic heterocycles. The molecule has 7 heteroatoms. The average molecular weight is 399 g/mol. The summed E-state index contributed by atoms with van der Waals surface area (Å²) in [6.07, 6.45) is 0. The molecule has 0 bridgehead atoms. The molecule has 0 aliphatic carbocycles. The van der Waals surface area contributed by atoms with Crippen LogP contribution in [0.3, 0.4) is 0 Å². The zero-order valence-electron chi connectivity index (χ0n) is 15.9. The molecule has 0 amide bonds. The molecule has 0 saturated heterocycles. The molecule has 0 saturated carbocycles. The molecule has 146 valence electrons. The van der Waals surface area contributed by atoms with Crippen LogP contribution in [0.25, 0.3) is 10.8 Å². The monoisotopic (exact) mass is 399 g/mol. The third-order valence-corrected chi connectivity index (χ3v) is 6.32. The van der Waals surface area contributed by atoms with Crippen molar-refractivity contribution in [2.75, 3.05) is 21.3 Å². The third-order valence-electron chi connectivity index (χ3n) is 4.49. The number of benzene rings is 3. The van der Waals surface area contributed by atoms with Gasteiger partial charge < -0.3 is 9.47 Å². The predicted molar refractivity (Wildman–Crippen MR) is 107 cm³/mol. The Labute approximate surface area is 164 Å². The van der Waals surface area contributed by atoms with Crippen molar-refractivity contribution >= 4 is 26.8 Å². The summed E-state index contributed by atoms with van der Waals surface area (Å²) >= 11 is 0. The summed E-state index contributed by atoms with van der Waals surface area (Å²) in [5.41, 5.74) is 0.994. The fourth-order valence-electron chi connectivity index (χ4n) is 2.97. The molecule has 0 N–H and O–H groups in total. The van der Waals surface area contributed by atoms with E-state index in [0.29, 0.717) is 0 Å². The van der Waals surface area contributed by atoms with Gasteiger partial charge in [0, 0.05) is 13.6 Å². The van der Waals surface area contributed by atoms with E-state index in [4.69, 9.17) is 4.74 Å². The van der Waals surface area contributed by atoms with Crippen LogP contribution in [0, 0.1) is 0 Å². The Balaban J connectivity index is 1.95. The second-order valence-corrected chi connectivity index (χ2v) is 8.31. The number of hydrogen-bond acceptors (Lipinski definition) is 5. The molecule has 3 aromatic rings. The summed E-state index contributed by atoms with van der Waals surface area (Å²) in [7, 11) is 0.225. The van der Waals surface area contributed by atoms with Crippen LogP contribution in [0.1, 0.15) is 15.9 Å². The van der Waals surface area contributed by atoms with Crippen molar-refractivity contribution in [3.8, 4) is 5.75 Å². The van der Waals surface area contributed by atoms with Crippen molar-refractivity contribution in [1.29, 1.82) is 0 Å². The fraction of sp³-hybridized carbons (Fsp3) is 0.190. The summed E-state index contributed by atoms with van der Waals surface area (Å²) in [6, 6.07) is 17.9. The Morgan fingerprint density at radius 2 is 1.68 bits per heavy atom. The van der Waals surface area contributed by atoms with E-state index in [0.717, 1.165) is 16.3 Å². The van der Waals surface area contributed by atoms with E-state index in [1.165, 1.54) is 43.8 Å². The van der Waals surface area contributed by atoms with E-state index in [1.54, 1.807) is 0 Å². The molecule has 0 radical (unpaired) electrons. The smallest absolute Gasteiger partial charge is 0.337 e. The molecule has 28 heavy (non-hydrogen) atoms. The Kier molecular flexibility index (Phi) is 5.67. The average Bonchev–Trinajstić information content (AvgIpc) is 2.72. The molecule has 0 unspecified atom stereocenters. The van der Waals surface area contributed by atoms with Crippen molar-refractivity contribution in [3.05, 3.63) is 71.8 Å².